The van der Waals surface area contributed by atoms with Crippen LogP contribution in [0, 0.1) is 5.92 Å². The molecule has 78 valence electrons. The van der Waals surface area contributed by atoms with E-state index in [-0.39, 0.29) is 0 Å². The van der Waals surface area contributed by atoms with Gasteiger partial charge >= 0.3 is 0 Å². The van der Waals surface area contributed by atoms with E-state index in [4.69, 9.17) is 0 Å². The highest BCUT2D eigenvalue weighted by Crippen LogP contribution is 2.36. The Morgan fingerprint density at radius 2 is 1.80 bits per heavy atom. The topological polar surface area (TPSA) is 17.1 Å². The molecule has 1 aromatic rings. The van der Waals surface area contributed by atoms with Crippen LogP contribution in [0.4, 0.5) is 0 Å². The van der Waals surface area contributed by atoms with Crippen molar-refractivity contribution in [3.8, 4) is 0 Å². The molecule has 1 heteroatoms. The number of allylic oxidation sites excluding steroid dienone is 2. The van der Waals surface area contributed by atoms with Gasteiger partial charge in [0.15, 0.2) is 0 Å². The highest BCUT2D eigenvalue weighted by atomic mass is 16.1. The van der Waals surface area contributed by atoms with Crippen molar-refractivity contribution in [2.45, 2.75) is 25.7 Å². The fourth-order valence-corrected chi connectivity index (χ4v) is 2.41. The zero-order valence-corrected chi connectivity index (χ0v) is 8.86. The zero-order chi connectivity index (χ0) is 10.5. The summed E-state index contributed by atoms with van der Waals surface area (Å²) in [5.74, 6) is 0.595. The number of rotatable bonds is 3. The minimum atomic E-state index is 0.595. The average molecular weight is 200 g/mol. The van der Waals surface area contributed by atoms with Gasteiger partial charge < -0.3 is 0 Å². The molecule has 0 spiro atoms. The van der Waals surface area contributed by atoms with Crippen LogP contribution in [0.25, 0.3) is 5.57 Å². The third-order valence-corrected chi connectivity index (χ3v) is 3.15. The van der Waals surface area contributed by atoms with E-state index in [2.05, 4.69) is 12.1 Å². The molecule has 1 aromatic carbocycles. The first-order chi connectivity index (χ1) is 7.42. The molecule has 1 fully saturated rings. The van der Waals surface area contributed by atoms with Crippen LogP contribution >= 0.6 is 0 Å². The number of hydrogen-bond acceptors (Lipinski definition) is 1. The Labute approximate surface area is 90.8 Å². The first-order valence-corrected chi connectivity index (χ1v) is 5.62. The van der Waals surface area contributed by atoms with E-state index >= 15 is 0 Å². The average Bonchev–Trinajstić information content (AvgIpc) is 2.80. The standard InChI is InChI=1S/C14H16O/c15-11-10-14(13-8-4-5-9-13)12-6-2-1-3-7-12/h1-3,6-7,10-11,13H,4-5,8-9H2. The summed E-state index contributed by atoms with van der Waals surface area (Å²) < 4.78 is 0. The molecule has 0 aromatic heterocycles. The smallest absolute Gasteiger partial charge is 0.143 e. The Kier molecular flexibility index (Phi) is 3.33. The minimum absolute atomic E-state index is 0.595. The summed E-state index contributed by atoms with van der Waals surface area (Å²) in [5.41, 5.74) is 2.43. The lowest BCUT2D eigenvalue weighted by molar-refractivity contribution is -0.104. The molecule has 0 atom stereocenters. The van der Waals surface area contributed by atoms with Gasteiger partial charge in [0.1, 0.15) is 6.29 Å². The molecule has 2 rings (SSSR count). The molecule has 0 radical (unpaired) electrons. The van der Waals surface area contributed by atoms with E-state index in [1.807, 2.05) is 18.2 Å². The molecule has 1 aliphatic rings. The van der Waals surface area contributed by atoms with Gasteiger partial charge in [-0.15, -0.1) is 0 Å². The normalized spacial score (nSPS) is 18.0. The molecule has 1 aliphatic carbocycles. The summed E-state index contributed by atoms with van der Waals surface area (Å²) in [6, 6.07) is 10.3. The van der Waals surface area contributed by atoms with Crippen molar-refractivity contribution in [3.63, 3.8) is 0 Å². The van der Waals surface area contributed by atoms with Gasteiger partial charge in [0.2, 0.25) is 0 Å². The Balaban J connectivity index is 2.27. The Hall–Kier alpha value is -1.37. The number of carbonyl (C=O) groups is 1. The van der Waals surface area contributed by atoms with Gasteiger partial charge in [0.25, 0.3) is 0 Å². The lowest BCUT2D eigenvalue weighted by Gasteiger charge is -2.13. The van der Waals surface area contributed by atoms with Gasteiger partial charge in [-0.25, -0.2) is 0 Å². The highest BCUT2D eigenvalue weighted by Gasteiger charge is 2.19. The maximum Gasteiger partial charge on any atom is 0.143 e. The molecule has 1 saturated carbocycles. The summed E-state index contributed by atoms with van der Waals surface area (Å²) in [5, 5.41) is 0. The van der Waals surface area contributed by atoms with Gasteiger partial charge in [0.05, 0.1) is 0 Å². The van der Waals surface area contributed by atoms with E-state index in [0.717, 1.165) is 6.29 Å². The number of aldehydes is 1. The van der Waals surface area contributed by atoms with Crippen molar-refractivity contribution in [2.75, 3.05) is 0 Å². The van der Waals surface area contributed by atoms with E-state index < -0.39 is 0 Å². The van der Waals surface area contributed by atoms with Crippen molar-refractivity contribution >= 4 is 11.9 Å². The van der Waals surface area contributed by atoms with Crippen molar-refractivity contribution in [3.05, 3.63) is 42.0 Å². The van der Waals surface area contributed by atoms with Crippen LogP contribution in [-0.4, -0.2) is 6.29 Å². The Morgan fingerprint density at radius 3 is 2.40 bits per heavy atom. The molecule has 0 N–H and O–H groups in total. The zero-order valence-electron chi connectivity index (χ0n) is 8.86. The molecule has 15 heavy (non-hydrogen) atoms. The molecular formula is C14H16O. The van der Waals surface area contributed by atoms with Crippen molar-refractivity contribution in [1.29, 1.82) is 0 Å². The minimum Gasteiger partial charge on any atom is -0.299 e. The first-order valence-electron chi connectivity index (χ1n) is 5.62. The second-order valence-corrected chi connectivity index (χ2v) is 4.11. The molecule has 0 amide bonds. The van der Waals surface area contributed by atoms with Gasteiger partial charge in [-0.2, -0.15) is 0 Å². The molecule has 0 saturated heterocycles. The van der Waals surface area contributed by atoms with E-state index in [1.54, 1.807) is 6.08 Å². The Morgan fingerprint density at radius 1 is 1.13 bits per heavy atom. The van der Waals surface area contributed by atoms with Crippen LogP contribution in [0.5, 0.6) is 0 Å². The van der Waals surface area contributed by atoms with Crippen LogP contribution in [0.2, 0.25) is 0 Å². The van der Waals surface area contributed by atoms with Gasteiger partial charge in [-0.3, -0.25) is 4.79 Å². The Bertz CT molecular complexity index is 345. The van der Waals surface area contributed by atoms with E-state index in [1.165, 1.54) is 36.8 Å². The third-order valence-electron chi connectivity index (χ3n) is 3.15. The maximum atomic E-state index is 10.7. The fourth-order valence-electron chi connectivity index (χ4n) is 2.41. The summed E-state index contributed by atoms with van der Waals surface area (Å²) in [6.45, 7) is 0. The summed E-state index contributed by atoms with van der Waals surface area (Å²) >= 11 is 0. The monoisotopic (exact) mass is 200 g/mol. The summed E-state index contributed by atoms with van der Waals surface area (Å²) in [7, 11) is 0. The third kappa shape index (κ3) is 2.35. The molecular weight excluding hydrogens is 184 g/mol. The fraction of sp³-hybridized carbons (Fsp3) is 0.357. The van der Waals surface area contributed by atoms with Crippen LogP contribution in [-0.2, 0) is 4.79 Å². The van der Waals surface area contributed by atoms with Crippen LogP contribution in [0.3, 0.4) is 0 Å². The van der Waals surface area contributed by atoms with Crippen LogP contribution in [0.1, 0.15) is 31.2 Å². The SMILES string of the molecule is O=CC=C(c1ccccc1)C1CCCC1. The molecule has 0 unspecified atom stereocenters. The van der Waals surface area contributed by atoms with Crippen molar-refractivity contribution in [2.24, 2.45) is 5.92 Å². The predicted molar refractivity (Wildman–Crippen MR) is 62.4 cm³/mol. The predicted octanol–water partition coefficient (Wildman–Crippen LogP) is 3.46. The summed E-state index contributed by atoms with van der Waals surface area (Å²) in [4.78, 5) is 10.7. The second-order valence-electron chi connectivity index (χ2n) is 4.11. The molecule has 0 bridgehead atoms. The molecule has 0 heterocycles. The van der Waals surface area contributed by atoms with E-state index in [0.29, 0.717) is 5.92 Å². The number of carbonyl (C=O) groups excluding carboxylic acids is 1. The second kappa shape index (κ2) is 4.92. The van der Waals surface area contributed by atoms with Gasteiger partial charge in [-0.1, -0.05) is 43.2 Å². The largest absolute Gasteiger partial charge is 0.299 e. The van der Waals surface area contributed by atoms with Crippen LogP contribution < -0.4 is 0 Å². The molecule has 0 aliphatic heterocycles. The maximum absolute atomic E-state index is 10.7. The number of benzene rings is 1. The first kappa shape index (κ1) is 10.2. The highest BCUT2D eigenvalue weighted by molar-refractivity contribution is 5.82. The van der Waals surface area contributed by atoms with Crippen molar-refractivity contribution < 1.29 is 4.79 Å². The van der Waals surface area contributed by atoms with Gasteiger partial charge in [0, 0.05) is 0 Å². The number of hydrogen-bond donors (Lipinski definition) is 0. The lowest BCUT2D eigenvalue weighted by atomic mass is 9.91. The molecule has 1 nitrogen and oxygen atoms in total. The quantitative estimate of drug-likeness (QED) is 0.539. The van der Waals surface area contributed by atoms with Gasteiger partial charge in [-0.05, 0) is 36.0 Å². The van der Waals surface area contributed by atoms with E-state index in [9.17, 15) is 4.79 Å². The van der Waals surface area contributed by atoms with Crippen LogP contribution in [0.15, 0.2) is 36.4 Å². The summed E-state index contributed by atoms with van der Waals surface area (Å²) in [6.07, 6.45) is 7.72. The van der Waals surface area contributed by atoms with Crippen molar-refractivity contribution in [1.82, 2.24) is 0 Å². The lowest BCUT2D eigenvalue weighted by Crippen LogP contribution is -1.98.